The van der Waals surface area contributed by atoms with Gasteiger partial charge in [0.05, 0.1) is 10.0 Å². The van der Waals surface area contributed by atoms with Crippen molar-refractivity contribution < 1.29 is 9.18 Å². The predicted molar refractivity (Wildman–Crippen MR) is 88.2 cm³/mol. The average molecular weight is 340 g/mol. The second kappa shape index (κ2) is 7.61. The van der Waals surface area contributed by atoms with Crippen molar-refractivity contribution in [1.29, 1.82) is 0 Å². The number of carbonyl (C=O) groups excluding carboxylic acids is 1. The molecule has 0 saturated heterocycles. The smallest absolute Gasteiger partial charge is 0.251 e. The minimum absolute atomic E-state index is 0.132. The molecule has 1 amide bonds. The molecule has 0 unspecified atom stereocenters. The molecule has 0 heterocycles. The van der Waals surface area contributed by atoms with Crippen LogP contribution in [0.1, 0.15) is 35.2 Å². The maximum Gasteiger partial charge on any atom is 0.251 e. The molecule has 0 radical (unpaired) electrons. The third kappa shape index (κ3) is 4.21. The van der Waals surface area contributed by atoms with E-state index in [-0.39, 0.29) is 17.6 Å². The van der Waals surface area contributed by atoms with Crippen molar-refractivity contribution in [1.82, 2.24) is 5.32 Å². The summed E-state index contributed by atoms with van der Waals surface area (Å²) in [4.78, 5) is 12.1. The molecule has 0 aliphatic carbocycles. The maximum atomic E-state index is 13.0. The topological polar surface area (TPSA) is 29.1 Å². The molecule has 0 aliphatic rings. The third-order valence-corrected chi connectivity index (χ3v) is 4.26. The SMILES string of the molecule is CC[C@@H](CNC(=O)c1ccc(Cl)c(Cl)c1)c1ccc(F)cc1. The Morgan fingerprint density at radius 1 is 1.14 bits per heavy atom. The number of amides is 1. The fourth-order valence-corrected chi connectivity index (χ4v) is 2.49. The molecule has 2 nitrogen and oxygen atoms in total. The van der Waals surface area contributed by atoms with Crippen molar-refractivity contribution in [2.75, 3.05) is 6.54 Å². The van der Waals surface area contributed by atoms with E-state index in [2.05, 4.69) is 5.32 Å². The number of hydrogen-bond acceptors (Lipinski definition) is 1. The van der Waals surface area contributed by atoms with E-state index in [1.807, 2.05) is 6.92 Å². The number of carbonyl (C=O) groups is 1. The molecule has 0 bridgehead atoms. The molecular weight excluding hydrogens is 324 g/mol. The second-order valence-corrected chi connectivity index (χ2v) is 5.81. The normalized spacial score (nSPS) is 12.0. The van der Waals surface area contributed by atoms with Gasteiger partial charge in [-0.3, -0.25) is 4.79 Å². The summed E-state index contributed by atoms with van der Waals surface area (Å²) in [7, 11) is 0. The van der Waals surface area contributed by atoms with Crippen LogP contribution in [-0.4, -0.2) is 12.5 Å². The summed E-state index contributed by atoms with van der Waals surface area (Å²) in [6.07, 6.45) is 0.841. The van der Waals surface area contributed by atoms with Crippen molar-refractivity contribution in [2.45, 2.75) is 19.3 Å². The minimum Gasteiger partial charge on any atom is -0.351 e. The second-order valence-electron chi connectivity index (χ2n) is 5.00. The number of hydrogen-bond donors (Lipinski definition) is 1. The molecule has 0 spiro atoms. The Bertz CT molecular complexity index is 658. The molecule has 1 N–H and O–H groups in total. The predicted octanol–water partition coefficient (Wildman–Crippen LogP) is 5.06. The molecule has 0 fully saturated rings. The van der Waals surface area contributed by atoms with Crippen LogP contribution in [0.15, 0.2) is 42.5 Å². The molecule has 0 aliphatic heterocycles. The van der Waals surface area contributed by atoms with E-state index in [1.54, 1.807) is 24.3 Å². The lowest BCUT2D eigenvalue weighted by molar-refractivity contribution is 0.0951. The molecule has 0 aromatic heterocycles. The Morgan fingerprint density at radius 2 is 1.82 bits per heavy atom. The van der Waals surface area contributed by atoms with Gasteiger partial charge in [-0.15, -0.1) is 0 Å². The van der Waals surface area contributed by atoms with Gasteiger partial charge in [0.15, 0.2) is 0 Å². The lowest BCUT2D eigenvalue weighted by atomic mass is 9.96. The van der Waals surface area contributed by atoms with Crippen LogP contribution >= 0.6 is 23.2 Å². The molecular formula is C17H16Cl2FNO. The van der Waals surface area contributed by atoms with Gasteiger partial charge in [0.25, 0.3) is 5.91 Å². The van der Waals surface area contributed by atoms with Gasteiger partial charge in [-0.2, -0.15) is 0 Å². The van der Waals surface area contributed by atoms with E-state index in [9.17, 15) is 9.18 Å². The Kier molecular flexibility index (Phi) is 5.81. The Balaban J connectivity index is 2.02. The fraction of sp³-hybridized carbons (Fsp3) is 0.235. The number of benzene rings is 2. The largest absolute Gasteiger partial charge is 0.351 e. The summed E-state index contributed by atoms with van der Waals surface area (Å²) in [5, 5.41) is 3.64. The molecule has 116 valence electrons. The van der Waals surface area contributed by atoms with Crippen molar-refractivity contribution in [2.24, 2.45) is 0 Å². The summed E-state index contributed by atoms with van der Waals surface area (Å²) in [5.74, 6) is -0.343. The van der Waals surface area contributed by atoms with Crippen molar-refractivity contribution in [3.63, 3.8) is 0 Å². The van der Waals surface area contributed by atoms with Gasteiger partial charge < -0.3 is 5.32 Å². The van der Waals surface area contributed by atoms with E-state index in [0.717, 1.165) is 12.0 Å². The fourth-order valence-electron chi connectivity index (χ4n) is 2.19. The summed E-state index contributed by atoms with van der Waals surface area (Å²) >= 11 is 11.7. The first-order chi connectivity index (χ1) is 10.5. The van der Waals surface area contributed by atoms with Gasteiger partial charge in [-0.25, -0.2) is 4.39 Å². The zero-order chi connectivity index (χ0) is 16.1. The zero-order valence-corrected chi connectivity index (χ0v) is 13.6. The number of nitrogens with one attached hydrogen (secondary N) is 1. The molecule has 22 heavy (non-hydrogen) atoms. The van der Waals surface area contributed by atoms with Gasteiger partial charge in [-0.05, 0) is 42.3 Å². The quantitative estimate of drug-likeness (QED) is 0.810. The lowest BCUT2D eigenvalue weighted by Gasteiger charge is -2.16. The first-order valence-corrected chi connectivity index (χ1v) is 7.75. The average Bonchev–Trinajstić information content (AvgIpc) is 2.52. The summed E-state index contributed by atoms with van der Waals surface area (Å²) in [5.41, 5.74) is 1.46. The standard InChI is InChI=1S/C17H16Cl2FNO/c1-2-11(12-3-6-14(20)7-4-12)10-21-17(22)13-5-8-15(18)16(19)9-13/h3-9,11H,2,10H2,1H3,(H,21,22)/t11-/m0/s1. The van der Waals surface area contributed by atoms with Crippen molar-refractivity contribution >= 4 is 29.1 Å². The first-order valence-electron chi connectivity index (χ1n) is 7.00. The van der Waals surface area contributed by atoms with Gasteiger partial charge in [-0.1, -0.05) is 42.3 Å². The van der Waals surface area contributed by atoms with Crippen molar-refractivity contribution in [3.05, 3.63) is 69.5 Å². The van der Waals surface area contributed by atoms with E-state index in [0.29, 0.717) is 22.2 Å². The molecule has 5 heteroatoms. The maximum absolute atomic E-state index is 13.0. The van der Waals surface area contributed by atoms with E-state index < -0.39 is 0 Å². The van der Waals surface area contributed by atoms with Gasteiger partial charge in [0, 0.05) is 18.0 Å². The minimum atomic E-state index is -0.265. The molecule has 2 aromatic carbocycles. The molecule has 0 saturated carbocycles. The van der Waals surface area contributed by atoms with Crippen molar-refractivity contribution in [3.8, 4) is 0 Å². The van der Waals surface area contributed by atoms with E-state index >= 15 is 0 Å². The monoisotopic (exact) mass is 339 g/mol. The summed E-state index contributed by atoms with van der Waals surface area (Å²) in [6, 6.07) is 11.1. The molecule has 2 rings (SSSR count). The van der Waals surface area contributed by atoms with E-state index in [1.165, 1.54) is 18.2 Å². The van der Waals surface area contributed by atoms with Crippen LogP contribution in [0.3, 0.4) is 0 Å². The van der Waals surface area contributed by atoms with Gasteiger partial charge in [0.2, 0.25) is 0 Å². The third-order valence-electron chi connectivity index (χ3n) is 3.53. The van der Waals surface area contributed by atoms with Crippen LogP contribution in [0.2, 0.25) is 10.0 Å². The number of rotatable bonds is 5. The van der Waals surface area contributed by atoms with Gasteiger partial charge in [0.1, 0.15) is 5.82 Å². The molecule has 1 atom stereocenters. The highest BCUT2D eigenvalue weighted by atomic mass is 35.5. The highest BCUT2D eigenvalue weighted by Gasteiger charge is 2.13. The van der Waals surface area contributed by atoms with Gasteiger partial charge >= 0.3 is 0 Å². The molecule has 2 aromatic rings. The highest BCUT2D eigenvalue weighted by molar-refractivity contribution is 6.42. The van der Waals surface area contributed by atoms with Crippen LogP contribution in [0.5, 0.6) is 0 Å². The first kappa shape index (κ1) is 16.8. The van der Waals surface area contributed by atoms with Crippen LogP contribution < -0.4 is 5.32 Å². The number of halogens is 3. The Hall–Kier alpha value is -1.58. The van der Waals surface area contributed by atoms with E-state index in [4.69, 9.17) is 23.2 Å². The van der Waals surface area contributed by atoms with Crippen LogP contribution in [0.25, 0.3) is 0 Å². The van der Waals surface area contributed by atoms with Crippen LogP contribution in [-0.2, 0) is 0 Å². The van der Waals surface area contributed by atoms with Crippen LogP contribution in [0, 0.1) is 5.82 Å². The highest BCUT2D eigenvalue weighted by Crippen LogP contribution is 2.23. The summed E-state index contributed by atoms with van der Waals surface area (Å²) < 4.78 is 13.0. The Labute approximate surface area is 139 Å². The Morgan fingerprint density at radius 3 is 2.41 bits per heavy atom. The zero-order valence-electron chi connectivity index (χ0n) is 12.1. The van der Waals surface area contributed by atoms with Crippen LogP contribution in [0.4, 0.5) is 4.39 Å². The summed E-state index contributed by atoms with van der Waals surface area (Å²) in [6.45, 7) is 2.50. The lowest BCUT2D eigenvalue weighted by Crippen LogP contribution is -2.28.